The van der Waals surface area contributed by atoms with E-state index in [0.29, 0.717) is 16.3 Å². The summed E-state index contributed by atoms with van der Waals surface area (Å²) in [5.41, 5.74) is 3.64. The SMILES string of the molecule is Cc1ccc(S(=O)(=O)N(CC(=O)N(Cc2cccc(C)c2)C(C)C(=O)NC2CCCCC2)c2cccc(Cl)c2C)cc1. The van der Waals surface area contributed by atoms with Crippen molar-refractivity contribution in [2.75, 3.05) is 10.8 Å². The number of aryl methyl sites for hydroxylation is 2. The van der Waals surface area contributed by atoms with Gasteiger partial charge in [-0.05, 0) is 75.9 Å². The number of carbonyl (C=O) groups is 2. The highest BCUT2D eigenvalue weighted by atomic mass is 35.5. The number of sulfonamides is 1. The first-order valence-electron chi connectivity index (χ1n) is 14.5. The molecule has 1 atom stereocenters. The molecular weight excluding hydrogens is 570 g/mol. The highest BCUT2D eigenvalue weighted by Crippen LogP contribution is 2.31. The molecule has 0 heterocycles. The van der Waals surface area contributed by atoms with Crippen LogP contribution in [0.3, 0.4) is 0 Å². The van der Waals surface area contributed by atoms with Crippen LogP contribution in [-0.4, -0.2) is 43.8 Å². The van der Waals surface area contributed by atoms with Gasteiger partial charge in [0.2, 0.25) is 11.8 Å². The van der Waals surface area contributed by atoms with Crippen LogP contribution in [0.25, 0.3) is 0 Å². The Morgan fingerprint density at radius 2 is 1.60 bits per heavy atom. The van der Waals surface area contributed by atoms with Crippen LogP contribution in [0.4, 0.5) is 5.69 Å². The third kappa shape index (κ3) is 7.53. The largest absolute Gasteiger partial charge is 0.352 e. The molecule has 0 spiro atoms. The number of amides is 2. The standard InChI is InChI=1S/C33H40ClN3O4S/c1-23-16-18-29(19-17-23)42(40,41)37(31-15-9-14-30(34)25(31)3)22-32(38)36(21-27-11-8-10-24(2)20-27)26(4)33(39)35-28-12-6-5-7-13-28/h8-11,14-20,26,28H,5-7,12-13,21-22H2,1-4H3,(H,35,39). The maximum atomic E-state index is 14.2. The molecule has 3 aromatic carbocycles. The third-order valence-electron chi connectivity index (χ3n) is 7.95. The van der Waals surface area contributed by atoms with Gasteiger partial charge in [-0.3, -0.25) is 13.9 Å². The number of carbonyl (C=O) groups excluding carboxylic acids is 2. The van der Waals surface area contributed by atoms with E-state index in [0.717, 1.165) is 53.1 Å². The van der Waals surface area contributed by atoms with E-state index in [9.17, 15) is 18.0 Å². The fourth-order valence-electron chi connectivity index (χ4n) is 5.38. The summed E-state index contributed by atoms with van der Waals surface area (Å²) in [6.45, 7) is 6.94. The highest BCUT2D eigenvalue weighted by Gasteiger charge is 2.34. The molecule has 9 heteroatoms. The molecule has 1 N–H and O–H groups in total. The van der Waals surface area contributed by atoms with E-state index in [4.69, 9.17) is 11.6 Å². The molecular formula is C33H40ClN3O4S. The number of nitrogens with zero attached hydrogens (tertiary/aromatic N) is 2. The van der Waals surface area contributed by atoms with Crippen LogP contribution in [0.15, 0.2) is 71.6 Å². The second-order valence-corrected chi connectivity index (χ2v) is 13.5. The highest BCUT2D eigenvalue weighted by molar-refractivity contribution is 7.92. The molecule has 224 valence electrons. The number of halogens is 1. The van der Waals surface area contributed by atoms with Crippen molar-refractivity contribution in [1.82, 2.24) is 10.2 Å². The zero-order valence-electron chi connectivity index (χ0n) is 24.8. The van der Waals surface area contributed by atoms with E-state index in [1.54, 1.807) is 44.2 Å². The summed E-state index contributed by atoms with van der Waals surface area (Å²) in [6.07, 6.45) is 5.13. The molecule has 42 heavy (non-hydrogen) atoms. The van der Waals surface area contributed by atoms with Crippen LogP contribution in [0.1, 0.15) is 61.3 Å². The van der Waals surface area contributed by atoms with Crippen LogP contribution in [0.5, 0.6) is 0 Å². The van der Waals surface area contributed by atoms with Gasteiger partial charge < -0.3 is 10.2 Å². The van der Waals surface area contributed by atoms with Gasteiger partial charge in [0.1, 0.15) is 12.6 Å². The molecule has 2 amide bonds. The molecule has 0 aliphatic heterocycles. The zero-order valence-corrected chi connectivity index (χ0v) is 26.3. The van der Waals surface area contributed by atoms with E-state index in [2.05, 4.69) is 5.32 Å². The maximum Gasteiger partial charge on any atom is 0.264 e. The average Bonchev–Trinajstić information content (AvgIpc) is 2.96. The number of benzene rings is 3. The number of hydrogen-bond acceptors (Lipinski definition) is 4. The Kier molecular flexibility index (Phi) is 10.3. The van der Waals surface area contributed by atoms with Gasteiger partial charge in [0.05, 0.1) is 10.6 Å². The van der Waals surface area contributed by atoms with E-state index in [1.807, 2.05) is 38.1 Å². The second kappa shape index (κ2) is 13.7. The van der Waals surface area contributed by atoms with Gasteiger partial charge in [0, 0.05) is 17.6 Å². The topological polar surface area (TPSA) is 86.8 Å². The second-order valence-electron chi connectivity index (χ2n) is 11.2. The van der Waals surface area contributed by atoms with Crippen LogP contribution >= 0.6 is 11.6 Å². The lowest BCUT2D eigenvalue weighted by Gasteiger charge is -2.33. The Labute approximate surface area is 254 Å². The van der Waals surface area contributed by atoms with Crippen LogP contribution in [-0.2, 0) is 26.2 Å². The summed E-state index contributed by atoms with van der Waals surface area (Å²) in [5.74, 6) is -0.729. The Morgan fingerprint density at radius 3 is 2.26 bits per heavy atom. The Morgan fingerprint density at radius 1 is 0.929 bits per heavy atom. The Balaban J connectivity index is 1.71. The number of anilines is 1. The van der Waals surface area contributed by atoms with E-state index < -0.39 is 28.5 Å². The van der Waals surface area contributed by atoms with Crippen molar-refractivity contribution in [2.45, 2.75) is 83.3 Å². The summed E-state index contributed by atoms with van der Waals surface area (Å²) in [4.78, 5) is 29.2. The summed E-state index contributed by atoms with van der Waals surface area (Å²) in [7, 11) is -4.16. The number of nitrogens with one attached hydrogen (secondary N) is 1. The molecule has 1 fully saturated rings. The molecule has 0 bridgehead atoms. The Hall–Kier alpha value is -3.36. The predicted molar refractivity (Wildman–Crippen MR) is 168 cm³/mol. The molecule has 0 saturated heterocycles. The molecule has 7 nitrogen and oxygen atoms in total. The van der Waals surface area contributed by atoms with E-state index in [-0.39, 0.29) is 23.4 Å². The van der Waals surface area contributed by atoms with Gasteiger partial charge in [-0.1, -0.05) is 84.5 Å². The maximum absolute atomic E-state index is 14.2. The first-order valence-corrected chi connectivity index (χ1v) is 16.3. The molecule has 4 rings (SSSR count). The molecule has 3 aromatic rings. The van der Waals surface area contributed by atoms with Crippen LogP contribution < -0.4 is 9.62 Å². The third-order valence-corrected chi connectivity index (χ3v) is 10.1. The first kappa shape index (κ1) is 31.6. The minimum Gasteiger partial charge on any atom is -0.352 e. The summed E-state index contributed by atoms with van der Waals surface area (Å²) in [5, 5.41) is 3.52. The van der Waals surface area contributed by atoms with Gasteiger partial charge in [-0.15, -0.1) is 0 Å². The van der Waals surface area contributed by atoms with Gasteiger partial charge in [0.25, 0.3) is 10.0 Å². The van der Waals surface area contributed by atoms with Crippen molar-refractivity contribution < 1.29 is 18.0 Å². The van der Waals surface area contributed by atoms with Gasteiger partial charge >= 0.3 is 0 Å². The lowest BCUT2D eigenvalue weighted by atomic mass is 9.95. The molecule has 1 aliphatic rings. The first-order chi connectivity index (χ1) is 20.0. The predicted octanol–water partition coefficient (Wildman–Crippen LogP) is 6.33. The molecule has 0 radical (unpaired) electrons. The van der Waals surface area contributed by atoms with Gasteiger partial charge in [0.15, 0.2) is 0 Å². The quantitative estimate of drug-likeness (QED) is 0.291. The fraction of sp³-hybridized carbons (Fsp3) is 0.394. The van der Waals surface area contributed by atoms with Crippen molar-refractivity contribution in [3.63, 3.8) is 0 Å². The lowest BCUT2D eigenvalue weighted by molar-refractivity contribution is -0.139. The minimum atomic E-state index is -4.16. The Bertz CT molecular complexity index is 1520. The molecule has 1 saturated carbocycles. The van der Waals surface area contributed by atoms with Gasteiger partial charge in [-0.2, -0.15) is 0 Å². The minimum absolute atomic E-state index is 0.0635. The normalized spacial score (nSPS) is 14.7. The van der Waals surface area contributed by atoms with Crippen molar-refractivity contribution in [1.29, 1.82) is 0 Å². The van der Waals surface area contributed by atoms with E-state index in [1.165, 1.54) is 17.0 Å². The van der Waals surface area contributed by atoms with Crippen LogP contribution in [0, 0.1) is 20.8 Å². The smallest absolute Gasteiger partial charge is 0.264 e. The summed E-state index contributed by atoms with van der Waals surface area (Å²) < 4.78 is 29.2. The summed E-state index contributed by atoms with van der Waals surface area (Å²) in [6, 6.07) is 18.5. The molecule has 1 aliphatic carbocycles. The van der Waals surface area contributed by atoms with Crippen molar-refractivity contribution >= 4 is 39.1 Å². The monoisotopic (exact) mass is 609 g/mol. The molecule has 1 unspecified atom stereocenters. The zero-order chi connectivity index (χ0) is 30.4. The molecule has 0 aromatic heterocycles. The van der Waals surface area contributed by atoms with Crippen molar-refractivity contribution in [3.05, 3.63) is 94.0 Å². The number of hydrogen-bond donors (Lipinski definition) is 1. The van der Waals surface area contributed by atoms with E-state index >= 15 is 0 Å². The number of rotatable bonds is 10. The van der Waals surface area contributed by atoms with Crippen LogP contribution in [0.2, 0.25) is 5.02 Å². The fourth-order valence-corrected chi connectivity index (χ4v) is 7.02. The van der Waals surface area contributed by atoms with Gasteiger partial charge in [-0.25, -0.2) is 8.42 Å². The summed E-state index contributed by atoms with van der Waals surface area (Å²) >= 11 is 6.41. The lowest BCUT2D eigenvalue weighted by Crippen LogP contribution is -2.53. The van der Waals surface area contributed by atoms with Crippen molar-refractivity contribution in [3.8, 4) is 0 Å². The van der Waals surface area contributed by atoms with Crippen molar-refractivity contribution in [2.24, 2.45) is 0 Å². The average molecular weight is 610 g/mol.